The molecule has 1 aliphatic heterocycles. The van der Waals surface area contributed by atoms with E-state index in [2.05, 4.69) is 4.90 Å². The van der Waals surface area contributed by atoms with E-state index in [4.69, 9.17) is 9.15 Å². The Hall–Kier alpha value is -2.54. The van der Waals surface area contributed by atoms with Crippen molar-refractivity contribution in [1.29, 1.82) is 0 Å². The maximum Gasteiger partial charge on any atom is 0.433 e. The summed E-state index contributed by atoms with van der Waals surface area (Å²) in [6, 6.07) is 7.01. The zero-order chi connectivity index (χ0) is 17.6. The molecule has 1 atom stereocenters. The lowest BCUT2D eigenvalue weighted by atomic mass is 9.89. The quantitative estimate of drug-likeness (QED) is 0.660. The summed E-state index contributed by atoms with van der Waals surface area (Å²) in [7, 11) is 1.55. The van der Waals surface area contributed by atoms with Gasteiger partial charge in [-0.3, -0.25) is 15.0 Å². The molecule has 0 radical (unpaired) electrons. The van der Waals surface area contributed by atoms with Crippen LogP contribution in [0.15, 0.2) is 28.7 Å². The summed E-state index contributed by atoms with van der Waals surface area (Å²) in [5.74, 6) is 1.58. The van der Waals surface area contributed by atoms with Crippen LogP contribution < -0.4 is 4.74 Å². The zero-order valence-corrected chi connectivity index (χ0v) is 14.0. The standard InChI is InChI=1S/C18H20N2O5/c1-24-16-8-12-6-7-19(10-13-4-5-17(25-13)20(22)23)18(11-2-3-11)14(12)9-15(16)21/h4-5,8-9,11,18,21H,2-3,6-7,10H2,1H3. The molecule has 25 heavy (non-hydrogen) atoms. The van der Waals surface area contributed by atoms with Gasteiger partial charge in [-0.25, -0.2) is 0 Å². The van der Waals surface area contributed by atoms with Gasteiger partial charge in [-0.1, -0.05) is 0 Å². The first-order valence-corrected chi connectivity index (χ1v) is 8.43. The molecule has 0 amide bonds. The molecule has 1 fully saturated rings. The van der Waals surface area contributed by atoms with Gasteiger partial charge in [-0.15, -0.1) is 0 Å². The Morgan fingerprint density at radius 1 is 1.40 bits per heavy atom. The van der Waals surface area contributed by atoms with Gasteiger partial charge in [0.05, 0.1) is 19.7 Å². The van der Waals surface area contributed by atoms with Crippen LogP contribution in [0.1, 0.15) is 35.8 Å². The van der Waals surface area contributed by atoms with Crippen molar-refractivity contribution in [2.24, 2.45) is 5.92 Å². The first-order chi connectivity index (χ1) is 12.1. The van der Waals surface area contributed by atoms with Crippen molar-refractivity contribution in [3.63, 3.8) is 0 Å². The molecule has 132 valence electrons. The van der Waals surface area contributed by atoms with E-state index in [1.54, 1.807) is 13.2 Å². The molecular formula is C18H20N2O5. The molecule has 1 N–H and O–H groups in total. The van der Waals surface area contributed by atoms with Gasteiger partial charge in [0.15, 0.2) is 11.5 Å². The van der Waals surface area contributed by atoms with Crippen molar-refractivity contribution in [3.8, 4) is 11.5 Å². The van der Waals surface area contributed by atoms with E-state index < -0.39 is 4.92 Å². The SMILES string of the molecule is COc1cc2c(cc1O)C(C1CC1)N(Cc1ccc([N+](=O)[O-])o1)CC2. The van der Waals surface area contributed by atoms with Crippen LogP contribution in [-0.2, 0) is 13.0 Å². The lowest BCUT2D eigenvalue weighted by Crippen LogP contribution is -2.36. The number of hydrogen-bond acceptors (Lipinski definition) is 6. The van der Waals surface area contributed by atoms with E-state index in [0.717, 1.165) is 31.4 Å². The number of nitrogens with zero attached hydrogens (tertiary/aromatic N) is 2. The molecule has 0 spiro atoms. The fourth-order valence-corrected chi connectivity index (χ4v) is 3.77. The van der Waals surface area contributed by atoms with Crippen LogP contribution in [-0.4, -0.2) is 28.6 Å². The van der Waals surface area contributed by atoms with E-state index in [0.29, 0.717) is 24.0 Å². The Bertz CT molecular complexity index is 812. The number of hydrogen-bond donors (Lipinski definition) is 1. The number of nitro groups is 1. The number of phenolic OH excluding ortho intramolecular Hbond substituents is 1. The molecule has 1 aliphatic carbocycles. The van der Waals surface area contributed by atoms with E-state index >= 15 is 0 Å². The molecule has 7 heteroatoms. The van der Waals surface area contributed by atoms with Crippen LogP contribution in [0.25, 0.3) is 0 Å². The summed E-state index contributed by atoms with van der Waals surface area (Å²) in [5.41, 5.74) is 2.33. The van der Waals surface area contributed by atoms with Crippen molar-refractivity contribution in [1.82, 2.24) is 4.90 Å². The van der Waals surface area contributed by atoms with Crippen LogP contribution in [0, 0.1) is 16.0 Å². The summed E-state index contributed by atoms with van der Waals surface area (Å²) in [5, 5.41) is 21.0. The highest BCUT2D eigenvalue weighted by atomic mass is 16.6. The van der Waals surface area contributed by atoms with Crippen LogP contribution in [0.2, 0.25) is 0 Å². The van der Waals surface area contributed by atoms with Gasteiger partial charge in [0.25, 0.3) is 0 Å². The van der Waals surface area contributed by atoms with Gasteiger partial charge < -0.3 is 14.3 Å². The Morgan fingerprint density at radius 2 is 2.20 bits per heavy atom. The van der Waals surface area contributed by atoms with Crippen molar-refractivity contribution in [3.05, 3.63) is 51.3 Å². The fourth-order valence-electron chi connectivity index (χ4n) is 3.77. The smallest absolute Gasteiger partial charge is 0.433 e. The fraction of sp³-hybridized carbons (Fsp3) is 0.444. The maximum atomic E-state index is 10.8. The van der Waals surface area contributed by atoms with E-state index in [-0.39, 0.29) is 17.7 Å². The highest BCUT2D eigenvalue weighted by molar-refractivity contribution is 5.49. The second kappa shape index (κ2) is 6.07. The molecule has 4 rings (SSSR count). The summed E-state index contributed by atoms with van der Waals surface area (Å²) in [4.78, 5) is 12.6. The first-order valence-electron chi connectivity index (χ1n) is 8.43. The largest absolute Gasteiger partial charge is 0.504 e. The van der Waals surface area contributed by atoms with E-state index in [1.807, 2.05) is 12.1 Å². The lowest BCUT2D eigenvalue weighted by Gasteiger charge is -2.37. The Morgan fingerprint density at radius 3 is 2.84 bits per heavy atom. The van der Waals surface area contributed by atoms with Crippen LogP contribution in [0.5, 0.6) is 11.5 Å². The molecule has 1 aromatic carbocycles. The normalized spacial score (nSPS) is 20.3. The number of rotatable bonds is 5. The molecule has 2 aromatic rings. The second-order valence-corrected chi connectivity index (χ2v) is 6.72. The van der Waals surface area contributed by atoms with Crippen LogP contribution in [0.3, 0.4) is 0 Å². The average Bonchev–Trinajstić information content (AvgIpc) is 3.31. The Balaban J connectivity index is 1.63. The minimum absolute atomic E-state index is 0.155. The maximum absolute atomic E-state index is 10.8. The topological polar surface area (TPSA) is 89.0 Å². The van der Waals surface area contributed by atoms with Gasteiger partial charge in [0.2, 0.25) is 0 Å². The van der Waals surface area contributed by atoms with Gasteiger partial charge in [-0.05, 0) is 54.5 Å². The summed E-state index contributed by atoms with van der Waals surface area (Å²) in [6.45, 7) is 1.37. The van der Waals surface area contributed by atoms with Crippen molar-refractivity contribution in [2.75, 3.05) is 13.7 Å². The molecule has 2 aliphatic rings. The first kappa shape index (κ1) is 16.0. The Kier molecular flexibility index (Phi) is 3.88. The number of phenols is 1. The number of furan rings is 1. The summed E-state index contributed by atoms with van der Waals surface area (Å²) in [6.07, 6.45) is 3.16. The zero-order valence-electron chi connectivity index (χ0n) is 14.0. The minimum Gasteiger partial charge on any atom is -0.504 e. The molecular weight excluding hydrogens is 324 g/mol. The van der Waals surface area contributed by atoms with Crippen molar-refractivity contribution >= 4 is 5.88 Å². The van der Waals surface area contributed by atoms with E-state index in [1.165, 1.54) is 11.6 Å². The number of ether oxygens (including phenoxy) is 1. The molecule has 0 bridgehead atoms. The molecule has 0 saturated heterocycles. The van der Waals surface area contributed by atoms with Crippen molar-refractivity contribution in [2.45, 2.75) is 31.8 Å². The number of benzene rings is 1. The number of methoxy groups -OCH3 is 1. The minimum atomic E-state index is -0.516. The molecule has 7 nitrogen and oxygen atoms in total. The lowest BCUT2D eigenvalue weighted by molar-refractivity contribution is -0.402. The van der Waals surface area contributed by atoms with Gasteiger partial charge in [0, 0.05) is 12.6 Å². The summed E-state index contributed by atoms with van der Waals surface area (Å²) >= 11 is 0. The Labute approximate surface area is 145 Å². The number of aromatic hydroxyl groups is 1. The monoisotopic (exact) mass is 344 g/mol. The van der Waals surface area contributed by atoms with Gasteiger partial charge >= 0.3 is 5.88 Å². The summed E-state index contributed by atoms with van der Waals surface area (Å²) < 4.78 is 10.6. The predicted molar refractivity (Wildman–Crippen MR) is 89.6 cm³/mol. The molecule has 2 heterocycles. The number of fused-ring (bicyclic) bond motifs is 1. The third-order valence-electron chi connectivity index (χ3n) is 5.08. The van der Waals surface area contributed by atoms with Gasteiger partial charge in [-0.2, -0.15) is 0 Å². The third-order valence-corrected chi connectivity index (χ3v) is 5.08. The highest BCUT2D eigenvalue weighted by Gasteiger charge is 2.40. The average molecular weight is 344 g/mol. The van der Waals surface area contributed by atoms with E-state index in [9.17, 15) is 15.2 Å². The van der Waals surface area contributed by atoms with Crippen molar-refractivity contribution < 1.29 is 19.2 Å². The molecule has 1 aromatic heterocycles. The predicted octanol–water partition coefficient (Wildman–Crippen LogP) is 3.41. The third kappa shape index (κ3) is 2.95. The second-order valence-electron chi connectivity index (χ2n) is 6.72. The molecule has 1 unspecified atom stereocenters. The van der Waals surface area contributed by atoms with Crippen LogP contribution >= 0.6 is 0 Å². The highest BCUT2D eigenvalue weighted by Crippen LogP contribution is 2.49. The molecule has 1 saturated carbocycles. The van der Waals surface area contributed by atoms with Gasteiger partial charge in [0.1, 0.15) is 10.7 Å². The van der Waals surface area contributed by atoms with Crippen LogP contribution in [0.4, 0.5) is 5.88 Å².